The molecule has 1 amide bonds. The normalized spacial score (nSPS) is 17.3. The number of ether oxygens (including phenoxy) is 2. The maximum absolute atomic E-state index is 13.1. The Morgan fingerprint density at radius 3 is 2.29 bits per heavy atom. The van der Waals surface area contributed by atoms with Gasteiger partial charge in [0.2, 0.25) is 0 Å². The van der Waals surface area contributed by atoms with Gasteiger partial charge in [-0.2, -0.15) is 0 Å². The van der Waals surface area contributed by atoms with E-state index < -0.39 is 23.5 Å². The second kappa shape index (κ2) is 9.83. The SMILES string of the molecule is COc1ccc(CCN2C(=O)C(=O)/C(=C(\O)c3cc(Cl)c(OC)c(Cl)c3)C2c2ccco2)cc1. The summed E-state index contributed by atoms with van der Waals surface area (Å²) in [5.74, 6) is -0.655. The molecule has 4 rings (SSSR count). The Balaban J connectivity index is 1.73. The van der Waals surface area contributed by atoms with E-state index >= 15 is 0 Å². The largest absolute Gasteiger partial charge is 0.507 e. The average Bonchev–Trinajstić information content (AvgIpc) is 3.44. The van der Waals surface area contributed by atoms with Crippen molar-refractivity contribution in [2.24, 2.45) is 0 Å². The molecule has 1 saturated heterocycles. The van der Waals surface area contributed by atoms with E-state index in [9.17, 15) is 14.7 Å². The van der Waals surface area contributed by atoms with Gasteiger partial charge in [0.05, 0.1) is 36.1 Å². The van der Waals surface area contributed by atoms with Gasteiger partial charge in [-0.05, 0) is 48.4 Å². The van der Waals surface area contributed by atoms with Crippen LogP contribution in [-0.4, -0.2) is 42.5 Å². The third-order valence-electron chi connectivity index (χ3n) is 5.63. The molecule has 1 aliphatic rings. The van der Waals surface area contributed by atoms with Gasteiger partial charge in [0.1, 0.15) is 23.3 Å². The summed E-state index contributed by atoms with van der Waals surface area (Å²) in [6, 6.07) is 12.7. The number of aliphatic hydroxyl groups is 1. The number of hydrogen-bond acceptors (Lipinski definition) is 6. The molecule has 1 fully saturated rings. The molecule has 0 bridgehead atoms. The Morgan fingerprint density at radius 2 is 1.74 bits per heavy atom. The number of carbonyl (C=O) groups excluding carboxylic acids is 2. The molecule has 7 nitrogen and oxygen atoms in total. The van der Waals surface area contributed by atoms with Crippen molar-refractivity contribution in [1.29, 1.82) is 0 Å². The minimum atomic E-state index is -0.909. The number of rotatable bonds is 7. The van der Waals surface area contributed by atoms with Crippen LogP contribution in [0.5, 0.6) is 11.5 Å². The second-order valence-electron chi connectivity index (χ2n) is 7.58. The molecule has 1 atom stereocenters. The van der Waals surface area contributed by atoms with Crippen LogP contribution in [-0.2, 0) is 16.0 Å². The highest BCUT2D eigenvalue weighted by Crippen LogP contribution is 2.42. The Hall–Kier alpha value is -3.42. The van der Waals surface area contributed by atoms with E-state index in [-0.39, 0.29) is 33.5 Å². The van der Waals surface area contributed by atoms with Gasteiger partial charge in [-0.3, -0.25) is 9.59 Å². The first kappa shape index (κ1) is 23.7. The topological polar surface area (TPSA) is 89.2 Å². The molecule has 1 aromatic heterocycles. The van der Waals surface area contributed by atoms with Gasteiger partial charge in [0, 0.05) is 12.1 Å². The van der Waals surface area contributed by atoms with Crippen molar-refractivity contribution in [3.63, 3.8) is 0 Å². The summed E-state index contributed by atoms with van der Waals surface area (Å²) in [7, 11) is 3.00. The molecule has 1 unspecified atom stereocenters. The highest BCUT2D eigenvalue weighted by Gasteiger charge is 2.47. The molecule has 34 heavy (non-hydrogen) atoms. The van der Waals surface area contributed by atoms with Crippen molar-refractivity contribution in [3.8, 4) is 11.5 Å². The molecule has 2 heterocycles. The summed E-state index contributed by atoms with van der Waals surface area (Å²) in [4.78, 5) is 27.5. The quantitative estimate of drug-likeness (QED) is 0.269. The van der Waals surface area contributed by atoms with Gasteiger partial charge in [0.25, 0.3) is 11.7 Å². The van der Waals surface area contributed by atoms with Crippen molar-refractivity contribution >= 4 is 40.7 Å². The summed E-state index contributed by atoms with van der Waals surface area (Å²) >= 11 is 12.4. The third kappa shape index (κ3) is 4.36. The van der Waals surface area contributed by atoms with Gasteiger partial charge < -0.3 is 23.9 Å². The van der Waals surface area contributed by atoms with Crippen LogP contribution in [0.3, 0.4) is 0 Å². The number of amides is 1. The number of furan rings is 1. The predicted molar refractivity (Wildman–Crippen MR) is 127 cm³/mol. The van der Waals surface area contributed by atoms with Crippen LogP contribution in [0.2, 0.25) is 10.0 Å². The first-order valence-electron chi connectivity index (χ1n) is 10.3. The van der Waals surface area contributed by atoms with Crippen LogP contribution in [0.1, 0.15) is 22.9 Å². The zero-order valence-electron chi connectivity index (χ0n) is 18.4. The predicted octanol–water partition coefficient (Wildman–Crippen LogP) is 5.27. The fraction of sp³-hybridized carbons (Fsp3) is 0.200. The number of benzene rings is 2. The van der Waals surface area contributed by atoms with Gasteiger partial charge >= 0.3 is 0 Å². The van der Waals surface area contributed by atoms with E-state index in [1.807, 2.05) is 24.3 Å². The number of halogens is 2. The molecule has 9 heteroatoms. The van der Waals surface area contributed by atoms with Crippen molar-refractivity contribution in [1.82, 2.24) is 4.90 Å². The molecule has 0 aliphatic carbocycles. The lowest BCUT2D eigenvalue weighted by Crippen LogP contribution is -2.31. The number of aliphatic hydroxyl groups excluding tert-OH is 1. The fourth-order valence-corrected chi connectivity index (χ4v) is 4.58. The standard InChI is InChI=1S/C25H21Cl2NO6/c1-32-16-7-5-14(6-8-16)9-10-28-21(19-4-3-11-34-19)20(23(30)25(28)31)22(29)15-12-17(26)24(33-2)18(27)13-15/h3-8,11-13,21,29H,9-10H2,1-2H3/b22-20-. The first-order valence-corrected chi connectivity index (χ1v) is 11.1. The van der Waals surface area contributed by atoms with Gasteiger partial charge in [-0.15, -0.1) is 0 Å². The highest BCUT2D eigenvalue weighted by atomic mass is 35.5. The second-order valence-corrected chi connectivity index (χ2v) is 8.39. The van der Waals surface area contributed by atoms with Crippen molar-refractivity contribution in [2.75, 3.05) is 20.8 Å². The van der Waals surface area contributed by atoms with E-state index in [1.165, 1.54) is 30.4 Å². The van der Waals surface area contributed by atoms with Crippen LogP contribution in [0.15, 0.2) is 64.8 Å². The minimum absolute atomic E-state index is 0.105. The summed E-state index contributed by atoms with van der Waals surface area (Å²) < 4.78 is 15.9. The molecular formula is C25H21Cl2NO6. The van der Waals surface area contributed by atoms with Crippen LogP contribution >= 0.6 is 23.2 Å². The molecule has 176 valence electrons. The summed E-state index contributed by atoms with van der Waals surface area (Å²) in [6.07, 6.45) is 1.93. The van der Waals surface area contributed by atoms with E-state index in [2.05, 4.69) is 0 Å². The van der Waals surface area contributed by atoms with Crippen molar-refractivity contribution in [3.05, 3.63) is 87.3 Å². The summed E-state index contributed by atoms with van der Waals surface area (Å²) in [5.41, 5.74) is 1.03. The van der Waals surface area contributed by atoms with E-state index in [0.717, 1.165) is 11.3 Å². The van der Waals surface area contributed by atoms with E-state index in [4.69, 9.17) is 37.1 Å². The number of methoxy groups -OCH3 is 2. The molecule has 0 spiro atoms. The zero-order valence-corrected chi connectivity index (χ0v) is 19.9. The molecule has 1 N–H and O–H groups in total. The Bertz CT molecular complexity index is 1230. The lowest BCUT2D eigenvalue weighted by atomic mass is 9.99. The fourth-order valence-electron chi connectivity index (χ4n) is 3.94. The Labute approximate surface area is 206 Å². The third-order valence-corrected chi connectivity index (χ3v) is 6.19. The van der Waals surface area contributed by atoms with E-state index in [0.29, 0.717) is 12.2 Å². The molecule has 0 saturated carbocycles. The van der Waals surface area contributed by atoms with Gasteiger partial charge in [0.15, 0.2) is 5.75 Å². The number of ketones is 1. The number of nitrogens with zero attached hydrogens (tertiary/aromatic N) is 1. The van der Waals surface area contributed by atoms with Crippen LogP contribution in [0.4, 0.5) is 0 Å². The molecule has 0 radical (unpaired) electrons. The smallest absolute Gasteiger partial charge is 0.295 e. The Morgan fingerprint density at radius 1 is 1.06 bits per heavy atom. The lowest BCUT2D eigenvalue weighted by molar-refractivity contribution is -0.140. The van der Waals surface area contributed by atoms with Crippen LogP contribution in [0.25, 0.3) is 5.76 Å². The van der Waals surface area contributed by atoms with Crippen LogP contribution in [0, 0.1) is 0 Å². The number of Topliss-reactive ketones (excluding diaryl/α,β-unsaturated/α-hetero) is 1. The minimum Gasteiger partial charge on any atom is -0.507 e. The molecule has 1 aliphatic heterocycles. The van der Waals surface area contributed by atoms with Crippen molar-refractivity contribution in [2.45, 2.75) is 12.5 Å². The summed E-state index contributed by atoms with van der Waals surface area (Å²) in [6.45, 7) is 0.225. The lowest BCUT2D eigenvalue weighted by Gasteiger charge is -2.23. The molecular weight excluding hydrogens is 481 g/mol. The van der Waals surface area contributed by atoms with Crippen LogP contribution < -0.4 is 9.47 Å². The monoisotopic (exact) mass is 501 g/mol. The number of carbonyl (C=O) groups is 2. The van der Waals surface area contributed by atoms with Gasteiger partial charge in [-0.1, -0.05) is 35.3 Å². The number of likely N-dealkylation sites (tertiary alicyclic amines) is 1. The van der Waals surface area contributed by atoms with Crippen molar-refractivity contribution < 1.29 is 28.6 Å². The Kier molecular flexibility index (Phi) is 6.86. The maximum Gasteiger partial charge on any atom is 0.295 e. The first-order chi connectivity index (χ1) is 16.3. The maximum atomic E-state index is 13.1. The summed E-state index contributed by atoms with van der Waals surface area (Å²) in [5, 5.41) is 11.4. The van der Waals surface area contributed by atoms with Gasteiger partial charge in [-0.25, -0.2) is 0 Å². The average molecular weight is 502 g/mol. The zero-order chi connectivity index (χ0) is 24.4. The highest BCUT2D eigenvalue weighted by molar-refractivity contribution is 6.46. The van der Waals surface area contributed by atoms with E-state index in [1.54, 1.807) is 19.2 Å². The molecule has 3 aromatic rings. The molecule has 2 aromatic carbocycles. The number of hydrogen-bond donors (Lipinski definition) is 1.